The van der Waals surface area contributed by atoms with E-state index >= 15 is 0 Å². The number of aryl methyl sites for hydroxylation is 1. The Labute approximate surface area is 229 Å². The molecule has 0 aliphatic heterocycles. The first-order valence-electron chi connectivity index (χ1n) is 12.5. The zero-order valence-electron chi connectivity index (χ0n) is 22.0. The monoisotopic (exact) mass is 532 g/mol. The quantitative estimate of drug-likeness (QED) is 0.255. The summed E-state index contributed by atoms with van der Waals surface area (Å²) in [5.41, 5.74) is 3.22. The van der Waals surface area contributed by atoms with Crippen molar-refractivity contribution in [3.05, 3.63) is 96.5 Å². The van der Waals surface area contributed by atoms with Gasteiger partial charge in [0.05, 0.1) is 11.1 Å². The summed E-state index contributed by atoms with van der Waals surface area (Å²) >= 11 is 0. The molecule has 0 radical (unpaired) electrons. The first-order valence-corrected chi connectivity index (χ1v) is 12.5. The van der Waals surface area contributed by atoms with Crippen LogP contribution in [0.1, 0.15) is 16.2 Å². The molecule has 198 valence electrons. The SMILES string of the molecule is Cc1nc(-c2ccccc2Oc2cc(Oc3ccc(C(=O)N(C)C)cc3)cc3[nH]c(-c4ccccn4)nc23)no1. The van der Waals surface area contributed by atoms with Crippen LogP contribution in [0, 0.1) is 6.92 Å². The second-order valence-electron chi connectivity index (χ2n) is 9.18. The van der Waals surface area contributed by atoms with Crippen LogP contribution in [0.25, 0.3) is 33.9 Å². The lowest BCUT2D eigenvalue weighted by Gasteiger charge is -2.13. The van der Waals surface area contributed by atoms with Gasteiger partial charge >= 0.3 is 0 Å². The molecule has 0 unspecified atom stereocenters. The van der Waals surface area contributed by atoms with Gasteiger partial charge in [0.15, 0.2) is 11.6 Å². The van der Waals surface area contributed by atoms with Gasteiger partial charge < -0.3 is 23.9 Å². The summed E-state index contributed by atoms with van der Waals surface area (Å²) in [4.78, 5) is 30.7. The van der Waals surface area contributed by atoms with E-state index in [1.54, 1.807) is 57.5 Å². The molecule has 40 heavy (non-hydrogen) atoms. The zero-order valence-corrected chi connectivity index (χ0v) is 22.0. The number of nitrogens with zero attached hydrogens (tertiary/aromatic N) is 5. The topological polar surface area (TPSA) is 119 Å². The number of carbonyl (C=O) groups excluding carboxylic acids is 1. The molecular formula is C30H24N6O4. The number of benzene rings is 3. The van der Waals surface area contributed by atoms with Crippen molar-refractivity contribution in [2.75, 3.05) is 14.1 Å². The number of H-pyrrole nitrogens is 1. The van der Waals surface area contributed by atoms with E-state index < -0.39 is 0 Å². The third-order valence-electron chi connectivity index (χ3n) is 6.05. The predicted octanol–water partition coefficient (Wildman–Crippen LogP) is 6.27. The summed E-state index contributed by atoms with van der Waals surface area (Å²) < 4.78 is 17.8. The Balaban J connectivity index is 1.41. The number of ether oxygens (including phenoxy) is 2. The molecule has 3 aromatic heterocycles. The Morgan fingerprint density at radius 1 is 0.875 bits per heavy atom. The highest BCUT2D eigenvalue weighted by atomic mass is 16.5. The number of rotatable bonds is 7. The van der Waals surface area contributed by atoms with E-state index in [0.717, 1.165) is 0 Å². The van der Waals surface area contributed by atoms with Crippen LogP contribution in [0.2, 0.25) is 0 Å². The minimum Gasteiger partial charge on any atom is -0.457 e. The van der Waals surface area contributed by atoms with Crippen molar-refractivity contribution in [3.63, 3.8) is 0 Å². The molecule has 3 heterocycles. The van der Waals surface area contributed by atoms with Crippen LogP contribution in [-0.4, -0.2) is 50.0 Å². The van der Waals surface area contributed by atoms with E-state index in [1.165, 1.54) is 4.90 Å². The van der Waals surface area contributed by atoms with Gasteiger partial charge in [-0.2, -0.15) is 4.98 Å². The number of para-hydroxylation sites is 1. The summed E-state index contributed by atoms with van der Waals surface area (Å²) in [6.45, 7) is 1.73. The molecule has 3 aromatic carbocycles. The maximum atomic E-state index is 12.3. The van der Waals surface area contributed by atoms with Crippen molar-refractivity contribution in [3.8, 4) is 45.9 Å². The maximum absolute atomic E-state index is 12.3. The van der Waals surface area contributed by atoms with Gasteiger partial charge in [-0.15, -0.1) is 0 Å². The van der Waals surface area contributed by atoms with Crippen LogP contribution < -0.4 is 9.47 Å². The third-order valence-corrected chi connectivity index (χ3v) is 6.05. The van der Waals surface area contributed by atoms with E-state index in [1.807, 2.05) is 48.5 Å². The Morgan fingerprint density at radius 2 is 1.68 bits per heavy atom. The van der Waals surface area contributed by atoms with E-state index in [9.17, 15) is 4.79 Å². The average molecular weight is 533 g/mol. The molecule has 6 aromatic rings. The van der Waals surface area contributed by atoms with Crippen molar-refractivity contribution >= 4 is 16.9 Å². The highest BCUT2D eigenvalue weighted by Gasteiger charge is 2.18. The first kappa shape index (κ1) is 24.8. The number of aromatic nitrogens is 5. The fourth-order valence-corrected chi connectivity index (χ4v) is 4.15. The summed E-state index contributed by atoms with van der Waals surface area (Å²) in [6, 6.07) is 23.6. The summed E-state index contributed by atoms with van der Waals surface area (Å²) in [5.74, 6) is 3.43. The average Bonchev–Trinajstić information content (AvgIpc) is 3.60. The molecule has 10 nitrogen and oxygen atoms in total. The van der Waals surface area contributed by atoms with Crippen molar-refractivity contribution in [1.82, 2.24) is 30.0 Å². The molecule has 10 heteroatoms. The molecular weight excluding hydrogens is 508 g/mol. The second-order valence-corrected chi connectivity index (χ2v) is 9.18. The molecule has 1 N–H and O–H groups in total. The Hall–Kier alpha value is -5.51. The second kappa shape index (κ2) is 10.3. The van der Waals surface area contributed by atoms with Crippen LogP contribution in [0.3, 0.4) is 0 Å². The van der Waals surface area contributed by atoms with Gasteiger partial charge in [-0.3, -0.25) is 9.78 Å². The van der Waals surface area contributed by atoms with E-state index in [4.69, 9.17) is 19.0 Å². The first-order chi connectivity index (χ1) is 19.4. The van der Waals surface area contributed by atoms with Crippen LogP contribution in [-0.2, 0) is 0 Å². The number of pyridine rings is 1. The molecule has 0 aliphatic rings. The van der Waals surface area contributed by atoms with E-state index in [0.29, 0.717) is 68.4 Å². The number of amides is 1. The smallest absolute Gasteiger partial charge is 0.253 e. The minimum atomic E-state index is -0.0846. The number of aromatic amines is 1. The number of hydrogen-bond acceptors (Lipinski definition) is 8. The Morgan fingerprint density at radius 3 is 2.40 bits per heavy atom. The molecule has 0 atom stereocenters. The predicted molar refractivity (Wildman–Crippen MR) is 148 cm³/mol. The summed E-state index contributed by atoms with van der Waals surface area (Å²) in [5, 5.41) is 4.05. The molecule has 1 amide bonds. The van der Waals surface area contributed by atoms with Crippen molar-refractivity contribution < 1.29 is 18.8 Å². The largest absolute Gasteiger partial charge is 0.457 e. The standard InChI is InChI=1S/C30H24N6O4/c1-18-32-28(35-40-18)22-8-4-5-10-25(22)39-26-17-21(38-20-13-11-19(12-14-20)30(37)36(2)3)16-24-27(26)34-29(33-24)23-9-6-7-15-31-23/h4-17H,1-3H3,(H,33,34). The highest BCUT2D eigenvalue weighted by Crippen LogP contribution is 2.39. The van der Waals surface area contributed by atoms with Crippen LogP contribution in [0.5, 0.6) is 23.0 Å². The van der Waals surface area contributed by atoms with Gasteiger partial charge in [0, 0.05) is 44.9 Å². The van der Waals surface area contributed by atoms with Crippen LogP contribution >= 0.6 is 0 Å². The molecule has 0 bridgehead atoms. The lowest BCUT2D eigenvalue weighted by Crippen LogP contribution is -2.21. The Kier molecular flexibility index (Phi) is 6.41. The Bertz CT molecular complexity index is 1810. The lowest BCUT2D eigenvalue weighted by molar-refractivity contribution is 0.0827. The molecule has 6 rings (SSSR count). The summed E-state index contributed by atoms with van der Waals surface area (Å²) in [6.07, 6.45) is 1.71. The van der Waals surface area contributed by atoms with Gasteiger partial charge in [0.25, 0.3) is 5.91 Å². The molecule has 0 aliphatic carbocycles. The van der Waals surface area contributed by atoms with Gasteiger partial charge in [-0.25, -0.2) is 4.98 Å². The van der Waals surface area contributed by atoms with Crippen molar-refractivity contribution in [1.29, 1.82) is 0 Å². The molecule has 0 fully saturated rings. The summed E-state index contributed by atoms with van der Waals surface area (Å²) in [7, 11) is 3.43. The van der Waals surface area contributed by atoms with E-state index in [2.05, 4.69) is 20.1 Å². The molecule has 0 spiro atoms. The van der Waals surface area contributed by atoms with Crippen LogP contribution in [0.15, 0.2) is 89.6 Å². The normalized spacial score (nSPS) is 11.0. The molecule has 0 saturated carbocycles. The number of imidazole rings is 1. The van der Waals surface area contributed by atoms with Crippen molar-refractivity contribution in [2.24, 2.45) is 0 Å². The fourth-order valence-electron chi connectivity index (χ4n) is 4.15. The lowest BCUT2D eigenvalue weighted by atomic mass is 10.2. The fraction of sp³-hybridized carbons (Fsp3) is 0.100. The third kappa shape index (κ3) is 4.97. The number of hydrogen-bond donors (Lipinski definition) is 1. The number of carbonyl (C=O) groups is 1. The highest BCUT2D eigenvalue weighted by molar-refractivity contribution is 5.94. The van der Waals surface area contributed by atoms with Crippen molar-refractivity contribution in [2.45, 2.75) is 6.92 Å². The zero-order chi connectivity index (χ0) is 27.6. The number of fused-ring (bicyclic) bond motifs is 1. The minimum absolute atomic E-state index is 0.0846. The van der Waals surface area contributed by atoms with Gasteiger partial charge in [0.1, 0.15) is 28.5 Å². The van der Waals surface area contributed by atoms with E-state index in [-0.39, 0.29) is 5.91 Å². The van der Waals surface area contributed by atoms with Gasteiger partial charge in [0.2, 0.25) is 11.7 Å². The molecule has 0 saturated heterocycles. The van der Waals surface area contributed by atoms with Gasteiger partial charge in [-0.1, -0.05) is 23.4 Å². The van der Waals surface area contributed by atoms with Crippen LogP contribution in [0.4, 0.5) is 0 Å². The number of nitrogens with one attached hydrogen (secondary N) is 1. The van der Waals surface area contributed by atoms with Gasteiger partial charge in [-0.05, 0) is 48.5 Å². The maximum Gasteiger partial charge on any atom is 0.253 e.